The molecule has 2 aromatic rings. The third kappa shape index (κ3) is 2.07. The van der Waals surface area contributed by atoms with Gasteiger partial charge in [0.25, 0.3) is 15.7 Å². The molecule has 0 saturated heterocycles. The summed E-state index contributed by atoms with van der Waals surface area (Å²) in [6.07, 6.45) is 2.74. The van der Waals surface area contributed by atoms with Gasteiger partial charge in [-0.05, 0) is 32.4 Å². The Morgan fingerprint density at radius 1 is 1.20 bits per heavy atom. The van der Waals surface area contributed by atoms with Crippen molar-refractivity contribution in [3.05, 3.63) is 51.6 Å². The lowest BCUT2D eigenvalue weighted by atomic mass is 10.1. The first-order valence-corrected chi connectivity index (χ1v) is 7.21. The molecule has 0 fully saturated rings. The number of aromatic nitrogens is 2. The van der Waals surface area contributed by atoms with Crippen LogP contribution in [0.15, 0.2) is 29.4 Å². The summed E-state index contributed by atoms with van der Waals surface area (Å²) in [6.45, 7) is 4.67. The predicted octanol–water partition coefficient (Wildman–Crippen LogP) is 1.95. The quantitative estimate of drug-likeness (QED) is 0.637. The van der Waals surface area contributed by atoms with E-state index < -0.39 is 14.9 Å². The van der Waals surface area contributed by atoms with Gasteiger partial charge in [0.2, 0.25) is 0 Å². The fourth-order valence-electron chi connectivity index (χ4n) is 1.99. The number of rotatable bonds is 3. The van der Waals surface area contributed by atoms with Gasteiger partial charge in [-0.15, -0.1) is 0 Å². The van der Waals surface area contributed by atoms with E-state index in [0.717, 1.165) is 3.97 Å². The third-order valence-corrected chi connectivity index (χ3v) is 5.13. The molecule has 0 amide bonds. The minimum atomic E-state index is -3.79. The van der Waals surface area contributed by atoms with Crippen LogP contribution in [0, 0.1) is 30.9 Å². The average molecular weight is 295 g/mol. The maximum atomic E-state index is 12.5. The first kappa shape index (κ1) is 14.2. The Morgan fingerprint density at radius 2 is 1.85 bits per heavy atom. The van der Waals surface area contributed by atoms with E-state index >= 15 is 0 Å². The van der Waals surface area contributed by atoms with Gasteiger partial charge < -0.3 is 0 Å². The van der Waals surface area contributed by atoms with E-state index in [-0.39, 0.29) is 10.6 Å². The zero-order chi connectivity index (χ0) is 15.1. The van der Waals surface area contributed by atoms with Gasteiger partial charge >= 0.3 is 0 Å². The van der Waals surface area contributed by atoms with Crippen molar-refractivity contribution < 1.29 is 13.3 Å². The molecule has 1 aromatic heterocycles. The van der Waals surface area contributed by atoms with E-state index in [0.29, 0.717) is 17.0 Å². The van der Waals surface area contributed by atoms with E-state index in [4.69, 9.17) is 0 Å². The number of benzene rings is 1. The highest BCUT2D eigenvalue weighted by atomic mass is 32.2. The number of hydrogen-bond donors (Lipinski definition) is 0. The van der Waals surface area contributed by atoms with Crippen molar-refractivity contribution in [2.75, 3.05) is 0 Å². The highest BCUT2D eigenvalue weighted by Gasteiger charge is 2.24. The molecule has 2 rings (SSSR count). The Labute approximate surface area is 116 Å². The first-order chi connectivity index (χ1) is 9.26. The topological polar surface area (TPSA) is 95.1 Å². The van der Waals surface area contributed by atoms with Crippen molar-refractivity contribution in [2.24, 2.45) is 0 Å². The van der Waals surface area contributed by atoms with E-state index in [9.17, 15) is 18.5 Å². The minimum absolute atomic E-state index is 0.0432. The molecule has 106 valence electrons. The average Bonchev–Trinajstić information content (AvgIpc) is 2.78. The molecular weight excluding hydrogens is 282 g/mol. The maximum Gasteiger partial charge on any atom is 0.272 e. The minimum Gasteiger partial charge on any atom is -0.258 e. The van der Waals surface area contributed by atoms with Crippen LogP contribution >= 0.6 is 0 Å². The molecule has 7 nitrogen and oxygen atoms in total. The second-order valence-electron chi connectivity index (χ2n) is 4.37. The summed E-state index contributed by atoms with van der Waals surface area (Å²) in [5, 5.41) is 10.9. The van der Waals surface area contributed by atoms with Crippen LogP contribution in [-0.4, -0.2) is 22.3 Å². The van der Waals surface area contributed by atoms with Crippen LogP contribution in [0.1, 0.15) is 17.0 Å². The molecule has 0 unspecified atom stereocenters. The Bertz CT molecular complexity index is 793. The summed E-state index contributed by atoms with van der Waals surface area (Å²) in [5.74, 6) is 0.334. The normalized spacial score (nSPS) is 11.6. The lowest BCUT2D eigenvalue weighted by molar-refractivity contribution is -0.385. The van der Waals surface area contributed by atoms with Gasteiger partial charge in [0.05, 0.1) is 9.82 Å². The molecule has 0 spiro atoms. The number of nitro groups is 1. The summed E-state index contributed by atoms with van der Waals surface area (Å²) < 4.78 is 26.1. The Hall–Kier alpha value is -2.22. The SMILES string of the molecule is Cc1c([N+](=O)[O-])ccc(S(=O)(=O)n2ccnc2C)c1C. The molecule has 0 radical (unpaired) electrons. The zero-order valence-corrected chi connectivity index (χ0v) is 12.0. The van der Waals surface area contributed by atoms with E-state index in [1.54, 1.807) is 13.8 Å². The van der Waals surface area contributed by atoms with Crippen molar-refractivity contribution in [3.63, 3.8) is 0 Å². The summed E-state index contributed by atoms with van der Waals surface area (Å²) >= 11 is 0. The van der Waals surface area contributed by atoms with Gasteiger partial charge in [-0.2, -0.15) is 0 Å². The van der Waals surface area contributed by atoms with Crippen molar-refractivity contribution >= 4 is 15.7 Å². The molecule has 20 heavy (non-hydrogen) atoms. The number of nitrogens with zero attached hydrogens (tertiary/aromatic N) is 3. The van der Waals surface area contributed by atoms with Gasteiger partial charge in [-0.25, -0.2) is 17.4 Å². The smallest absolute Gasteiger partial charge is 0.258 e. The highest BCUT2D eigenvalue weighted by molar-refractivity contribution is 7.90. The molecule has 0 atom stereocenters. The molecule has 1 aromatic carbocycles. The second-order valence-corrected chi connectivity index (χ2v) is 6.15. The van der Waals surface area contributed by atoms with Crippen LogP contribution in [0.4, 0.5) is 5.69 Å². The fraction of sp³-hybridized carbons (Fsp3) is 0.250. The largest absolute Gasteiger partial charge is 0.272 e. The lowest BCUT2D eigenvalue weighted by Gasteiger charge is -2.11. The standard InChI is InChI=1S/C12H13N3O4S/c1-8-9(2)12(5-4-11(8)15(16)17)20(18,19)14-7-6-13-10(14)3/h4-7H,1-3H3. The maximum absolute atomic E-state index is 12.5. The number of imidazole rings is 1. The lowest BCUT2D eigenvalue weighted by Crippen LogP contribution is -2.15. The van der Waals surface area contributed by atoms with Gasteiger partial charge in [-0.3, -0.25) is 10.1 Å². The van der Waals surface area contributed by atoms with Crippen molar-refractivity contribution in [2.45, 2.75) is 25.7 Å². The fourth-order valence-corrected chi connectivity index (χ4v) is 3.59. The van der Waals surface area contributed by atoms with Crippen LogP contribution in [0.3, 0.4) is 0 Å². The monoisotopic (exact) mass is 295 g/mol. The Morgan fingerprint density at radius 3 is 2.35 bits per heavy atom. The van der Waals surface area contributed by atoms with Crippen molar-refractivity contribution in [3.8, 4) is 0 Å². The first-order valence-electron chi connectivity index (χ1n) is 5.77. The Balaban J connectivity index is 2.69. The molecule has 0 aliphatic rings. The number of hydrogen-bond acceptors (Lipinski definition) is 5. The highest BCUT2D eigenvalue weighted by Crippen LogP contribution is 2.28. The number of nitro benzene ring substituents is 1. The molecular formula is C12H13N3O4S. The molecule has 8 heteroatoms. The zero-order valence-electron chi connectivity index (χ0n) is 11.2. The van der Waals surface area contributed by atoms with Crippen LogP contribution in [0.2, 0.25) is 0 Å². The van der Waals surface area contributed by atoms with E-state index in [2.05, 4.69) is 4.98 Å². The van der Waals surface area contributed by atoms with Crippen LogP contribution < -0.4 is 0 Å². The molecule has 0 N–H and O–H groups in total. The summed E-state index contributed by atoms with van der Waals surface area (Å²) in [5.41, 5.74) is 0.616. The molecule has 0 saturated carbocycles. The second kappa shape index (κ2) is 4.71. The van der Waals surface area contributed by atoms with Crippen molar-refractivity contribution in [1.29, 1.82) is 0 Å². The molecule has 1 heterocycles. The van der Waals surface area contributed by atoms with Crippen molar-refractivity contribution in [1.82, 2.24) is 8.96 Å². The predicted molar refractivity (Wildman–Crippen MR) is 72.1 cm³/mol. The van der Waals surface area contributed by atoms with Crippen LogP contribution in [-0.2, 0) is 10.0 Å². The summed E-state index contributed by atoms with van der Waals surface area (Å²) in [6, 6.07) is 2.47. The van der Waals surface area contributed by atoms with Gasteiger partial charge in [0, 0.05) is 24.0 Å². The Kier molecular flexibility index (Phi) is 3.34. The van der Waals surface area contributed by atoms with Gasteiger partial charge in [0.15, 0.2) is 0 Å². The molecule has 0 aliphatic carbocycles. The molecule has 0 bridgehead atoms. The third-order valence-electron chi connectivity index (χ3n) is 3.22. The summed E-state index contributed by atoms with van der Waals surface area (Å²) in [7, 11) is -3.79. The number of aryl methyl sites for hydroxylation is 1. The van der Waals surface area contributed by atoms with Gasteiger partial charge in [-0.1, -0.05) is 0 Å². The summed E-state index contributed by atoms with van der Waals surface area (Å²) in [4.78, 5) is 14.3. The molecule has 0 aliphatic heterocycles. The van der Waals surface area contributed by atoms with E-state index in [1.165, 1.54) is 31.5 Å². The van der Waals surface area contributed by atoms with Gasteiger partial charge in [0.1, 0.15) is 5.82 Å². The van der Waals surface area contributed by atoms with Crippen LogP contribution in [0.5, 0.6) is 0 Å². The van der Waals surface area contributed by atoms with E-state index in [1.807, 2.05) is 0 Å². The van der Waals surface area contributed by atoms with Crippen LogP contribution in [0.25, 0.3) is 0 Å².